The molecular weight excluding hydrogens is 240 g/mol. The van der Waals surface area contributed by atoms with E-state index in [0.29, 0.717) is 11.8 Å². The van der Waals surface area contributed by atoms with Gasteiger partial charge < -0.3 is 11.1 Å². The molecule has 2 nitrogen and oxygen atoms in total. The van der Waals surface area contributed by atoms with Crippen LogP contribution < -0.4 is 11.1 Å². The Morgan fingerprint density at radius 1 is 1.62 bits per heavy atom. The molecule has 16 heavy (non-hydrogen) atoms. The maximum Gasteiger partial charge on any atom is 0.0596 e. The van der Waals surface area contributed by atoms with Crippen molar-refractivity contribution in [1.29, 1.82) is 0 Å². The van der Waals surface area contributed by atoms with Crippen LogP contribution in [-0.2, 0) is 0 Å². The quantitative estimate of drug-likeness (QED) is 0.873. The maximum atomic E-state index is 5.97. The minimum atomic E-state index is 0.0365. The average molecular weight is 257 g/mol. The zero-order valence-electron chi connectivity index (χ0n) is 9.37. The highest BCUT2D eigenvalue weighted by Gasteiger charge is 2.36. The van der Waals surface area contributed by atoms with Gasteiger partial charge in [-0.3, -0.25) is 0 Å². The Morgan fingerprint density at radius 2 is 2.44 bits per heavy atom. The predicted molar refractivity (Wildman–Crippen MR) is 73.4 cm³/mol. The van der Waals surface area contributed by atoms with Crippen LogP contribution in [-0.4, -0.2) is 23.1 Å². The van der Waals surface area contributed by atoms with Gasteiger partial charge >= 0.3 is 0 Å². The molecule has 0 aliphatic carbocycles. The molecule has 1 aromatic carbocycles. The summed E-state index contributed by atoms with van der Waals surface area (Å²) in [4.78, 5) is 0. The summed E-state index contributed by atoms with van der Waals surface area (Å²) in [5, 5.41) is 4.98. The first-order valence-electron chi connectivity index (χ1n) is 5.49. The Hall–Kier alpha value is -0.380. The fourth-order valence-electron chi connectivity index (χ4n) is 2.12. The largest absolute Gasteiger partial charge is 0.377 e. The van der Waals surface area contributed by atoms with Gasteiger partial charge in [-0.2, -0.15) is 11.8 Å². The van der Waals surface area contributed by atoms with Crippen LogP contribution in [0.25, 0.3) is 0 Å². The first-order chi connectivity index (χ1) is 7.63. The highest BCUT2D eigenvalue weighted by atomic mass is 35.5. The molecular formula is C12H17ClN2S. The molecule has 0 saturated carbocycles. The van der Waals surface area contributed by atoms with E-state index >= 15 is 0 Å². The van der Waals surface area contributed by atoms with E-state index in [2.05, 4.69) is 12.2 Å². The fraction of sp³-hybridized carbons (Fsp3) is 0.500. The highest BCUT2D eigenvalue weighted by Crippen LogP contribution is 2.36. The van der Waals surface area contributed by atoms with Gasteiger partial charge in [0.1, 0.15) is 0 Å². The van der Waals surface area contributed by atoms with Crippen molar-refractivity contribution >= 4 is 29.1 Å². The minimum Gasteiger partial charge on any atom is -0.377 e. The standard InChI is InChI=1S/C12H17ClN2S/c1-9-6-12(7-14,8-16-9)15-11-4-2-3-10(13)5-11/h2-5,9,15H,6-8,14H2,1H3. The molecule has 1 aliphatic rings. The lowest BCUT2D eigenvalue weighted by atomic mass is 9.96. The lowest BCUT2D eigenvalue weighted by Gasteiger charge is -2.29. The van der Waals surface area contributed by atoms with E-state index in [1.165, 1.54) is 0 Å². The predicted octanol–water partition coefficient (Wildman–Crippen LogP) is 2.97. The minimum absolute atomic E-state index is 0.0365. The van der Waals surface area contributed by atoms with Gasteiger partial charge in [0.25, 0.3) is 0 Å². The van der Waals surface area contributed by atoms with Crippen LogP contribution in [0, 0.1) is 0 Å². The Kier molecular flexibility index (Phi) is 3.67. The normalized spacial score (nSPS) is 29.3. The molecule has 0 aromatic heterocycles. The summed E-state index contributed by atoms with van der Waals surface area (Å²) in [6.45, 7) is 2.92. The Bertz CT molecular complexity index is 372. The third-order valence-electron chi connectivity index (χ3n) is 2.95. The summed E-state index contributed by atoms with van der Waals surface area (Å²) in [5.74, 6) is 1.07. The van der Waals surface area contributed by atoms with Crippen molar-refractivity contribution in [3.63, 3.8) is 0 Å². The summed E-state index contributed by atoms with van der Waals surface area (Å²) < 4.78 is 0. The van der Waals surface area contributed by atoms with E-state index in [4.69, 9.17) is 17.3 Å². The molecule has 2 rings (SSSR count). The number of thioether (sulfide) groups is 1. The third-order valence-corrected chi connectivity index (χ3v) is 4.64. The molecule has 0 bridgehead atoms. The van der Waals surface area contributed by atoms with Gasteiger partial charge in [0.2, 0.25) is 0 Å². The van der Waals surface area contributed by atoms with Crippen molar-refractivity contribution in [3.8, 4) is 0 Å². The number of anilines is 1. The number of rotatable bonds is 3. The molecule has 1 fully saturated rings. The average Bonchev–Trinajstić information content (AvgIpc) is 2.61. The van der Waals surface area contributed by atoms with Crippen LogP contribution in [0.15, 0.2) is 24.3 Å². The molecule has 1 heterocycles. The van der Waals surface area contributed by atoms with Crippen molar-refractivity contribution < 1.29 is 0 Å². The number of nitrogens with two attached hydrogens (primary N) is 1. The molecule has 2 unspecified atom stereocenters. The monoisotopic (exact) mass is 256 g/mol. The third kappa shape index (κ3) is 2.65. The second-order valence-corrected chi connectivity index (χ2v) is 6.31. The van der Waals surface area contributed by atoms with Gasteiger partial charge in [0.15, 0.2) is 0 Å². The van der Waals surface area contributed by atoms with Gasteiger partial charge in [-0.15, -0.1) is 0 Å². The Balaban J connectivity index is 2.13. The lowest BCUT2D eigenvalue weighted by molar-refractivity contribution is 0.513. The summed E-state index contributed by atoms with van der Waals surface area (Å²) >= 11 is 7.95. The molecule has 4 heteroatoms. The number of hydrogen-bond acceptors (Lipinski definition) is 3. The summed E-state index contributed by atoms with van der Waals surface area (Å²) in [5.41, 5.74) is 7.01. The molecule has 88 valence electrons. The molecule has 0 spiro atoms. The maximum absolute atomic E-state index is 5.97. The number of hydrogen-bond donors (Lipinski definition) is 2. The Labute approximate surface area is 106 Å². The van der Waals surface area contributed by atoms with E-state index in [1.807, 2.05) is 36.0 Å². The number of benzene rings is 1. The second kappa shape index (κ2) is 4.86. The van der Waals surface area contributed by atoms with Crippen molar-refractivity contribution in [2.75, 3.05) is 17.6 Å². The Morgan fingerprint density at radius 3 is 3.00 bits per heavy atom. The molecule has 1 saturated heterocycles. The van der Waals surface area contributed by atoms with E-state index in [0.717, 1.165) is 22.9 Å². The van der Waals surface area contributed by atoms with Crippen LogP contribution in [0.3, 0.4) is 0 Å². The number of halogens is 1. The molecule has 1 aliphatic heterocycles. The fourth-order valence-corrected chi connectivity index (χ4v) is 3.66. The first kappa shape index (κ1) is 12.1. The van der Waals surface area contributed by atoms with Crippen molar-refractivity contribution in [1.82, 2.24) is 0 Å². The molecule has 0 radical (unpaired) electrons. The smallest absolute Gasteiger partial charge is 0.0596 e. The van der Waals surface area contributed by atoms with Gasteiger partial charge in [-0.25, -0.2) is 0 Å². The van der Waals surface area contributed by atoms with Gasteiger partial charge in [-0.1, -0.05) is 24.6 Å². The summed E-state index contributed by atoms with van der Waals surface area (Å²) in [6, 6.07) is 7.83. The van der Waals surface area contributed by atoms with Gasteiger partial charge in [0, 0.05) is 28.3 Å². The lowest BCUT2D eigenvalue weighted by Crippen LogP contribution is -2.45. The van der Waals surface area contributed by atoms with Crippen LogP contribution in [0.5, 0.6) is 0 Å². The number of nitrogens with one attached hydrogen (secondary N) is 1. The van der Waals surface area contributed by atoms with Crippen LogP contribution >= 0.6 is 23.4 Å². The van der Waals surface area contributed by atoms with Crippen molar-refractivity contribution in [2.24, 2.45) is 5.73 Å². The summed E-state index contributed by atoms with van der Waals surface area (Å²) in [6.07, 6.45) is 1.11. The van der Waals surface area contributed by atoms with Crippen LogP contribution in [0.4, 0.5) is 5.69 Å². The zero-order chi connectivity index (χ0) is 11.6. The first-order valence-corrected chi connectivity index (χ1v) is 6.92. The van der Waals surface area contributed by atoms with Crippen molar-refractivity contribution in [2.45, 2.75) is 24.1 Å². The molecule has 3 N–H and O–H groups in total. The van der Waals surface area contributed by atoms with E-state index in [1.54, 1.807) is 0 Å². The van der Waals surface area contributed by atoms with E-state index < -0.39 is 0 Å². The molecule has 2 atom stereocenters. The second-order valence-electron chi connectivity index (χ2n) is 4.45. The zero-order valence-corrected chi connectivity index (χ0v) is 10.9. The summed E-state index contributed by atoms with van der Waals surface area (Å²) in [7, 11) is 0. The molecule has 1 aromatic rings. The van der Waals surface area contributed by atoms with Gasteiger partial charge in [-0.05, 0) is 24.6 Å². The van der Waals surface area contributed by atoms with E-state index in [9.17, 15) is 0 Å². The van der Waals surface area contributed by atoms with E-state index in [-0.39, 0.29) is 5.54 Å². The van der Waals surface area contributed by atoms with Crippen molar-refractivity contribution in [3.05, 3.63) is 29.3 Å². The van der Waals surface area contributed by atoms with Crippen LogP contribution in [0.1, 0.15) is 13.3 Å². The topological polar surface area (TPSA) is 38.0 Å². The van der Waals surface area contributed by atoms with Crippen LogP contribution in [0.2, 0.25) is 5.02 Å². The molecule has 0 amide bonds. The SMILES string of the molecule is CC1CC(CN)(Nc2cccc(Cl)c2)CS1. The highest BCUT2D eigenvalue weighted by molar-refractivity contribution is 8.00. The van der Waals surface area contributed by atoms with Gasteiger partial charge in [0.05, 0.1) is 5.54 Å².